The standard InChI is InChI=1S/C16H20O2/c1-15(11-12-17)8-4-3-7-13-18-14-16-9-5-2-6-10-16/h2-10,13,17H,11-12,14H2,1H3/b4-3-,13-7+,15-8+. The normalized spacial score (nSPS) is 12.4. The second kappa shape index (κ2) is 9.25. The monoisotopic (exact) mass is 244 g/mol. The Morgan fingerprint density at radius 1 is 1.17 bits per heavy atom. The average Bonchev–Trinajstić information content (AvgIpc) is 2.39. The summed E-state index contributed by atoms with van der Waals surface area (Å²) in [5, 5.41) is 8.72. The lowest BCUT2D eigenvalue weighted by Gasteiger charge is -1.99. The Balaban J connectivity index is 2.22. The smallest absolute Gasteiger partial charge is 0.112 e. The minimum atomic E-state index is 0.201. The van der Waals surface area contributed by atoms with Crippen LogP contribution in [0.1, 0.15) is 18.9 Å². The maximum atomic E-state index is 8.72. The largest absolute Gasteiger partial charge is 0.497 e. The third kappa shape index (κ3) is 6.71. The maximum absolute atomic E-state index is 8.72. The van der Waals surface area contributed by atoms with Crippen LogP contribution in [0.5, 0.6) is 0 Å². The fourth-order valence-electron chi connectivity index (χ4n) is 1.36. The van der Waals surface area contributed by atoms with E-state index in [2.05, 4.69) is 0 Å². The molecule has 0 amide bonds. The summed E-state index contributed by atoms with van der Waals surface area (Å²) in [7, 11) is 0. The number of aliphatic hydroxyl groups excluding tert-OH is 1. The fraction of sp³-hybridized carbons (Fsp3) is 0.250. The van der Waals surface area contributed by atoms with Gasteiger partial charge in [0.2, 0.25) is 0 Å². The van der Waals surface area contributed by atoms with Gasteiger partial charge in [-0.3, -0.25) is 0 Å². The molecule has 0 fully saturated rings. The Hall–Kier alpha value is -1.80. The number of rotatable bonds is 7. The summed E-state index contributed by atoms with van der Waals surface area (Å²) in [6, 6.07) is 10.0. The van der Waals surface area contributed by atoms with Gasteiger partial charge in [0.05, 0.1) is 6.26 Å². The Bertz CT molecular complexity index is 402. The molecule has 0 saturated carbocycles. The molecule has 96 valence electrons. The first kappa shape index (κ1) is 14.3. The van der Waals surface area contributed by atoms with Crippen LogP contribution in [0, 0.1) is 0 Å². The van der Waals surface area contributed by atoms with Crippen molar-refractivity contribution in [2.24, 2.45) is 0 Å². The van der Waals surface area contributed by atoms with Crippen LogP contribution in [0.2, 0.25) is 0 Å². The molecule has 0 radical (unpaired) electrons. The van der Waals surface area contributed by atoms with E-state index in [0.29, 0.717) is 6.61 Å². The SMILES string of the molecule is C\C(=C/C=C\C=C\OCc1ccccc1)CCO. The zero-order valence-electron chi connectivity index (χ0n) is 10.8. The number of ether oxygens (including phenoxy) is 1. The molecular weight excluding hydrogens is 224 g/mol. The molecule has 0 aromatic heterocycles. The third-order valence-corrected chi connectivity index (χ3v) is 2.38. The third-order valence-electron chi connectivity index (χ3n) is 2.38. The topological polar surface area (TPSA) is 29.5 Å². The Morgan fingerprint density at radius 3 is 2.67 bits per heavy atom. The van der Waals surface area contributed by atoms with Crippen molar-refractivity contribution in [2.45, 2.75) is 20.0 Å². The molecule has 0 unspecified atom stereocenters. The molecule has 0 saturated heterocycles. The van der Waals surface area contributed by atoms with Gasteiger partial charge in [0.15, 0.2) is 0 Å². The highest BCUT2D eigenvalue weighted by Gasteiger charge is 1.87. The van der Waals surface area contributed by atoms with Crippen LogP contribution in [0.25, 0.3) is 0 Å². The van der Waals surface area contributed by atoms with Gasteiger partial charge in [-0.25, -0.2) is 0 Å². The zero-order chi connectivity index (χ0) is 13.1. The lowest BCUT2D eigenvalue weighted by Crippen LogP contribution is -1.84. The van der Waals surface area contributed by atoms with Crippen LogP contribution in [0.4, 0.5) is 0 Å². The molecule has 18 heavy (non-hydrogen) atoms. The second-order valence-corrected chi connectivity index (χ2v) is 4.00. The van der Waals surface area contributed by atoms with E-state index in [-0.39, 0.29) is 6.61 Å². The van der Waals surface area contributed by atoms with Gasteiger partial charge in [-0.1, -0.05) is 54.1 Å². The van der Waals surface area contributed by atoms with E-state index in [9.17, 15) is 0 Å². The lowest BCUT2D eigenvalue weighted by molar-refractivity contribution is 0.236. The van der Waals surface area contributed by atoms with Crippen molar-refractivity contribution in [2.75, 3.05) is 6.61 Å². The van der Waals surface area contributed by atoms with E-state index < -0.39 is 0 Å². The number of hydrogen-bond donors (Lipinski definition) is 1. The molecule has 1 aromatic carbocycles. The number of aliphatic hydroxyl groups is 1. The van der Waals surface area contributed by atoms with Crippen LogP contribution in [-0.4, -0.2) is 11.7 Å². The lowest BCUT2D eigenvalue weighted by atomic mass is 10.2. The predicted molar refractivity (Wildman–Crippen MR) is 75.0 cm³/mol. The van der Waals surface area contributed by atoms with E-state index in [4.69, 9.17) is 9.84 Å². The molecule has 0 aliphatic rings. The van der Waals surface area contributed by atoms with Crippen molar-refractivity contribution >= 4 is 0 Å². The van der Waals surface area contributed by atoms with Gasteiger partial charge < -0.3 is 9.84 Å². The number of allylic oxidation sites excluding steroid dienone is 4. The molecule has 0 atom stereocenters. The first-order valence-electron chi connectivity index (χ1n) is 6.08. The van der Waals surface area contributed by atoms with E-state index in [1.54, 1.807) is 6.26 Å². The van der Waals surface area contributed by atoms with Crippen molar-refractivity contribution < 1.29 is 9.84 Å². The molecule has 2 heteroatoms. The number of hydrogen-bond acceptors (Lipinski definition) is 2. The Kier molecular flexibility index (Phi) is 7.33. The van der Waals surface area contributed by atoms with E-state index in [1.807, 2.05) is 61.6 Å². The molecular formula is C16H20O2. The van der Waals surface area contributed by atoms with Gasteiger partial charge in [-0.05, 0) is 25.0 Å². The average molecular weight is 244 g/mol. The van der Waals surface area contributed by atoms with Gasteiger partial charge in [0.25, 0.3) is 0 Å². The molecule has 0 bridgehead atoms. The van der Waals surface area contributed by atoms with Crippen molar-refractivity contribution in [3.63, 3.8) is 0 Å². The van der Waals surface area contributed by atoms with Crippen molar-refractivity contribution in [3.8, 4) is 0 Å². The summed E-state index contributed by atoms with van der Waals surface area (Å²) >= 11 is 0. The Labute approximate surface area is 109 Å². The fourth-order valence-corrected chi connectivity index (χ4v) is 1.36. The number of benzene rings is 1. The van der Waals surface area contributed by atoms with Gasteiger partial charge in [0.1, 0.15) is 6.61 Å². The van der Waals surface area contributed by atoms with Gasteiger partial charge >= 0.3 is 0 Å². The second-order valence-electron chi connectivity index (χ2n) is 4.00. The highest BCUT2D eigenvalue weighted by molar-refractivity contribution is 5.15. The van der Waals surface area contributed by atoms with E-state index in [0.717, 1.165) is 17.6 Å². The zero-order valence-corrected chi connectivity index (χ0v) is 10.8. The van der Waals surface area contributed by atoms with Gasteiger partial charge in [-0.2, -0.15) is 0 Å². The highest BCUT2D eigenvalue weighted by Crippen LogP contribution is 2.01. The summed E-state index contributed by atoms with van der Waals surface area (Å²) < 4.78 is 5.38. The van der Waals surface area contributed by atoms with Gasteiger partial charge in [0, 0.05) is 6.61 Å². The van der Waals surface area contributed by atoms with Crippen molar-refractivity contribution in [1.29, 1.82) is 0 Å². The molecule has 1 aromatic rings. The highest BCUT2D eigenvalue weighted by atomic mass is 16.5. The summed E-state index contributed by atoms with van der Waals surface area (Å²) in [5.74, 6) is 0. The van der Waals surface area contributed by atoms with Crippen LogP contribution in [-0.2, 0) is 11.3 Å². The first-order valence-corrected chi connectivity index (χ1v) is 6.08. The minimum absolute atomic E-state index is 0.201. The molecule has 1 N–H and O–H groups in total. The van der Waals surface area contributed by atoms with Crippen LogP contribution in [0.15, 0.2) is 66.5 Å². The van der Waals surface area contributed by atoms with E-state index in [1.165, 1.54) is 0 Å². The molecule has 0 spiro atoms. The first-order chi connectivity index (χ1) is 8.83. The summed E-state index contributed by atoms with van der Waals surface area (Å²) in [6.45, 7) is 2.78. The Morgan fingerprint density at radius 2 is 1.94 bits per heavy atom. The molecule has 0 aliphatic carbocycles. The molecule has 0 heterocycles. The molecule has 0 aliphatic heterocycles. The quantitative estimate of drug-likeness (QED) is 0.586. The predicted octanol–water partition coefficient (Wildman–Crippen LogP) is 3.60. The van der Waals surface area contributed by atoms with Crippen LogP contribution < -0.4 is 0 Å². The maximum Gasteiger partial charge on any atom is 0.112 e. The van der Waals surface area contributed by atoms with Crippen LogP contribution in [0.3, 0.4) is 0 Å². The molecule has 1 rings (SSSR count). The summed E-state index contributed by atoms with van der Waals surface area (Å²) in [6.07, 6.45) is 10.1. The minimum Gasteiger partial charge on any atom is -0.497 e. The van der Waals surface area contributed by atoms with Crippen LogP contribution >= 0.6 is 0 Å². The molecule has 2 nitrogen and oxygen atoms in total. The summed E-state index contributed by atoms with van der Waals surface area (Å²) in [4.78, 5) is 0. The van der Waals surface area contributed by atoms with Gasteiger partial charge in [-0.15, -0.1) is 0 Å². The van der Waals surface area contributed by atoms with Crippen molar-refractivity contribution in [1.82, 2.24) is 0 Å². The summed E-state index contributed by atoms with van der Waals surface area (Å²) in [5.41, 5.74) is 2.32. The van der Waals surface area contributed by atoms with E-state index >= 15 is 0 Å². The van der Waals surface area contributed by atoms with Crippen molar-refractivity contribution in [3.05, 3.63) is 72.0 Å².